The molecule has 0 amide bonds. The van der Waals surface area contributed by atoms with Crippen LogP contribution < -0.4 is 0 Å². The van der Waals surface area contributed by atoms with Gasteiger partial charge in [-0.25, -0.2) is 9.97 Å². The molecule has 3 nitrogen and oxygen atoms in total. The van der Waals surface area contributed by atoms with Gasteiger partial charge in [0.15, 0.2) is 0 Å². The van der Waals surface area contributed by atoms with Crippen LogP contribution in [0.5, 0.6) is 0 Å². The highest BCUT2D eigenvalue weighted by Gasteiger charge is 1.97. The summed E-state index contributed by atoms with van der Waals surface area (Å²) in [5.74, 6) is 0. The Bertz CT molecular complexity index is 248. The summed E-state index contributed by atoms with van der Waals surface area (Å²) in [4.78, 5) is 7.72. The number of halogens is 1. The van der Waals surface area contributed by atoms with E-state index >= 15 is 0 Å². The van der Waals surface area contributed by atoms with Crippen LogP contribution in [-0.2, 0) is 10.8 Å². The second kappa shape index (κ2) is 3.38. The molecule has 1 rings (SSSR count). The molecule has 0 radical (unpaired) electrons. The molecule has 0 N–H and O–H groups in total. The Labute approximate surface area is 74.9 Å². The van der Waals surface area contributed by atoms with E-state index in [1.807, 2.05) is 0 Å². The number of rotatable bonds is 1. The Balaban J connectivity index is 3.00. The Morgan fingerprint density at radius 3 is 2.40 bits per heavy atom. The first-order chi connectivity index (χ1) is 4.70. The molecule has 0 aliphatic rings. The number of nitrogens with zero attached hydrogens (tertiary/aromatic N) is 2. The minimum Gasteiger partial charge on any atom is -0.251 e. The van der Waals surface area contributed by atoms with Crippen molar-refractivity contribution in [2.45, 2.75) is 5.16 Å². The van der Waals surface area contributed by atoms with Crippen molar-refractivity contribution >= 4 is 33.4 Å². The van der Waals surface area contributed by atoms with Crippen molar-refractivity contribution < 1.29 is 4.21 Å². The van der Waals surface area contributed by atoms with Crippen LogP contribution in [0.3, 0.4) is 0 Å². The Kier molecular flexibility index (Phi) is 2.72. The van der Waals surface area contributed by atoms with Gasteiger partial charge in [-0.15, -0.1) is 0 Å². The van der Waals surface area contributed by atoms with E-state index in [1.54, 1.807) is 18.6 Å². The zero-order chi connectivity index (χ0) is 7.56. The summed E-state index contributed by atoms with van der Waals surface area (Å²) in [6.07, 6.45) is 4.84. The van der Waals surface area contributed by atoms with E-state index in [2.05, 4.69) is 32.6 Å². The average Bonchev–Trinajstić information content (AvgIpc) is 1.88. The summed E-state index contributed by atoms with van der Waals surface area (Å²) >= 11 is 2.10. The van der Waals surface area contributed by atoms with Gasteiger partial charge in [0.1, 0.15) is 0 Å². The maximum absolute atomic E-state index is 10.7. The van der Waals surface area contributed by atoms with Crippen molar-refractivity contribution in [3.8, 4) is 0 Å². The minimum atomic E-state index is -1.06. The third-order valence-electron chi connectivity index (χ3n) is 0.854. The van der Waals surface area contributed by atoms with Crippen LogP contribution in [0.1, 0.15) is 0 Å². The van der Waals surface area contributed by atoms with Crippen LogP contribution in [0.15, 0.2) is 17.6 Å². The summed E-state index contributed by atoms with van der Waals surface area (Å²) in [7, 11) is -1.06. The fourth-order valence-corrected chi connectivity index (χ4v) is 1.13. The highest BCUT2D eigenvalue weighted by atomic mass is 127. The van der Waals surface area contributed by atoms with Gasteiger partial charge < -0.3 is 0 Å². The molecule has 1 aromatic rings. The van der Waals surface area contributed by atoms with Crippen LogP contribution >= 0.6 is 22.6 Å². The number of hydrogen-bond donors (Lipinski definition) is 0. The molecule has 0 saturated carbocycles. The first-order valence-corrected chi connectivity index (χ1v) is 5.15. The van der Waals surface area contributed by atoms with Crippen molar-refractivity contribution in [3.05, 3.63) is 16.0 Å². The molecule has 0 aliphatic heterocycles. The molecule has 54 valence electrons. The summed E-state index contributed by atoms with van der Waals surface area (Å²) in [5.41, 5.74) is 0. The summed E-state index contributed by atoms with van der Waals surface area (Å²) in [6.45, 7) is 0. The average molecular weight is 268 g/mol. The van der Waals surface area contributed by atoms with Gasteiger partial charge >= 0.3 is 0 Å². The van der Waals surface area contributed by atoms with Crippen molar-refractivity contribution in [3.63, 3.8) is 0 Å². The largest absolute Gasteiger partial charge is 0.251 e. The fraction of sp³-hybridized carbons (Fsp3) is 0.200. The Hall–Kier alpha value is -0.0400. The quantitative estimate of drug-likeness (QED) is 0.559. The lowest BCUT2D eigenvalue weighted by molar-refractivity contribution is 0.679. The van der Waals surface area contributed by atoms with E-state index in [4.69, 9.17) is 0 Å². The summed E-state index contributed by atoms with van der Waals surface area (Å²) < 4.78 is 11.7. The lowest BCUT2D eigenvalue weighted by Crippen LogP contribution is -1.95. The fourth-order valence-electron chi connectivity index (χ4n) is 0.449. The van der Waals surface area contributed by atoms with Crippen molar-refractivity contribution in [2.75, 3.05) is 6.26 Å². The molecule has 0 bridgehead atoms. The zero-order valence-electron chi connectivity index (χ0n) is 5.24. The first kappa shape index (κ1) is 8.06. The molecule has 10 heavy (non-hydrogen) atoms. The minimum absolute atomic E-state index is 0.389. The Morgan fingerprint density at radius 1 is 1.50 bits per heavy atom. The second-order valence-corrected chi connectivity index (χ2v) is 4.16. The van der Waals surface area contributed by atoms with Crippen molar-refractivity contribution in [2.24, 2.45) is 0 Å². The molecule has 0 fully saturated rings. The third-order valence-corrected chi connectivity index (χ3v) is 2.14. The third kappa shape index (κ3) is 1.98. The smallest absolute Gasteiger partial charge is 0.218 e. The standard InChI is InChI=1S/C5H5IN2OS/c1-10(9)5-7-2-4(6)3-8-5/h2-3H,1H3/t10-/m0/s1. The highest BCUT2D eigenvalue weighted by molar-refractivity contribution is 14.1. The van der Waals surface area contributed by atoms with Crippen LogP contribution in [0.2, 0.25) is 0 Å². The molecule has 1 heterocycles. The highest BCUT2D eigenvalue weighted by Crippen LogP contribution is 2.00. The van der Waals surface area contributed by atoms with Gasteiger partial charge in [-0.3, -0.25) is 4.21 Å². The SMILES string of the molecule is C[S@](=O)c1ncc(I)cn1. The molecule has 0 unspecified atom stereocenters. The molecule has 0 aromatic carbocycles. The molecule has 0 spiro atoms. The molecule has 0 aliphatic carbocycles. The van der Waals surface area contributed by atoms with E-state index in [-0.39, 0.29) is 0 Å². The number of aromatic nitrogens is 2. The molecule has 5 heteroatoms. The lowest BCUT2D eigenvalue weighted by Gasteiger charge is -1.91. The van der Waals surface area contributed by atoms with Gasteiger partial charge in [-0.2, -0.15) is 0 Å². The van der Waals surface area contributed by atoms with Gasteiger partial charge in [0.05, 0.1) is 10.8 Å². The summed E-state index contributed by atoms with van der Waals surface area (Å²) in [6, 6.07) is 0. The lowest BCUT2D eigenvalue weighted by atomic mass is 10.7. The van der Waals surface area contributed by atoms with Crippen LogP contribution in [0, 0.1) is 3.57 Å². The van der Waals surface area contributed by atoms with Gasteiger partial charge in [0.2, 0.25) is 5.16 Å². The van der Waals surface area contributed by atoms with Crippen LogP contribution in [0.4, 0.5) is 0 Å². The zero-order valence-corrected chi connectivity index (χ0v) is 8.22. The van der Waals surface area contributed by atoms with E-state index in [1.165, 1.54) is 0 Å². The molecular weight excluding hydrogens is 263 g/mol. The first-order valence-electron chi connectivity index (χ1n) is 2.51. The maximum atomic E-state index is 10.7. The van der Waals surface area contributed by atoms with E-state index in [0.717, 1.165) is 3.57 Å². The van der Waals surface area contributed by atoms with Gasteiger partial charge in [0, 0.05) is 22.2 Å². The van der Waals surface area contributed by atoms with Crippen LogP contribution in [0.25, 0.3) is 0 Å². The second-order valence-electron chi connectivity index (χ2n) is 1.64. The van der Waals surface area contributed by atoms with Crippen molar-refractivity contribution in [1.29, 1.82) is 0 Å². The topological polar surface area (TPSA) is 42.9 Å². The number of hydrogen-bond acceptors (Lipinski definition) is 3. The van der Waals surface area contributed by atoms with E-state index in [9.17, 15) is 4.21 Å². The van der Waals surface area contributed by atoms with Gasteiger partial charge in [0.25, 0.3) is 0 Å². The van der Waals surface area contributed by atoms with E-state index in [0.29, 0.717) is 5.16 Å². The normalized spacial score (nSPS) is 13.0. The molecule has 0 saturated heterocycles. The van der Waals surface area contributed by atoms with Crippen LogP contribution in [-0.4, -0.2) is 20.4 Å². The molecular formula is C5H5IN2OS. The summed E-state index contributed by atoms with van der Waals surface area (Å²) in [5, 5.41) is 0.389. The van der Waals surface area contributed by atoms with Crippen molar-refractivity contribution in [1.82, 2.24) is 9.97 Å². The molecule has 1 aromatic heterocycles. The maximum Gasteiger partial charge on any atom is 0.218 e. The monoisotopic (exact) mass is 268 g/mol. The van der Waals surface area contributed by atoms with Gasteiger partial charge in [-0.1, -0.05) is 0 Å². The predicted octanol–water partition coefficient (Wildman–Crippen LogP) is 0.819. The predicted molar refractivity (Wildman–Crippen MR) is 47.1 cm³/mol. The van der Waals surface area contributed by atoms with E-state index < -0.39 is 10.8 Å². The van der Waals surface area contributed by atoms with Gasteiger partial charge in [-0.05, 0) is 22.6 Å². The molecule has 1 atom stereocenters. The Morgan fingerprint density at radius 2 is 2.00 bits per heavy atom.